The number of hydrogen-bond donors (Lipinski definition) is 2. The van der Waals surface area contributed by atoms with Crippen LogP contribution >= 0.6 is 0 Å². The van der Waals surface area contributed by atoms with E-state index in [9.17, 15) is 14.4 Å². The largest absolute Gasteiger partial charge is 0.356 e. The Hall–Kier alpha value is -2.64. The highest BCUT2D eigenvalue weighted by molar-refractivity contribution is 5.75. The third-order valence-electron chi connectivity index (χ3n) is 2.95. The number of aromatic amines is 1. The highest BCUT2D eigenvalue weighted by atomic mass is 16.2. The Bertz CT molecular complexity index is 686. The highest BCUT2D eigenvalue weighted by Gasteiger charge is 2.03. The Morgan fingerprint density at radius 2 is 2.14 bits per heavy atom. The van der Waals surface area contributed by atoms with Gasteiger partial charge in [-0.05, 0) is 6.42 Å². The average molecular weight is 291 g/mol. The molecular weight excluding hydrogens is 274 g/mol. The fourth-order valence-electron chi connectivity index (χ4n) is 1.84. The summed E-state index contributed by atoms with van der Waals surface area (Å²) in [6.07, 6.45) is 7.68. The molecule has 0 aromatic carbocycles. The van der Waals surface area contributed by atoms with Crippen molar-refractivity contribution in [3.8, 4) is 0 Å². The number of aryl methyl sites for hydroxylation is 2. The lowest BCUT2D eigenvalue weighted by molar-refractivity contribution is -0.121. The van der Waals surface area contributed by atoms with Gasteiger partial charge >= 0.3 is 5.69 Å². The molecule has 112 valence electrons. The van der Waals surface area contributed by atoms with E-state index >= 15 is 0 Å². The van der Waals surface area contributed by atoms with E-state index < -0.39 is 11.2 Å². The molecule has 0 unspecified atom stereocenters. The number of imidazole rings is 1. The highest BCUT2D eigenvalue weighted by Crippen LogP contribution is 1.90. The molecule has 0 saturated heterocycles. The quantitative estimate of drug-likeness (QED) is 0.660. The van der Waals surface area contributed by atoms with Gasteiger partial charge in [0.25, 0.3) is 5.56 Å². The number of amides is 1. The molecular formula is C13H17N5O3. The van der Waals surface area contributed by atoms with Crippen molar-refractivity contribution in [1.29, 1.82) is 0 Å². The second kappa shape index (κ2) is 7.22. The third-order valence-corrected chi connectivity index (χ3v) is 2.95. The number of hydrogen-bond acceptors (Lipinski definition) is 4. The zero-order valence-corrected chi connectivity index (χ0v) is 11.5. The van der Waals surface area contributed by atoms with E-state index in [-0.39, 0.29) is 18.9 Å². The number of carbonyl (C=O) groups is 1. The van der Waals surface area contributed by atoms with E-state index in [1.165, 1.54) is 16.8 Å². The lowest BCUT2D eigenvalue weighted by Crippen LogP contribution is -2.31. The molecule has 2 aromatic rings. The van der Waals surface area contributed by atoms with Gasteiger partial charge in [0.05, 0.1) is 6.33 Å². The van der Waals surface area contributed by atoms with Crippen molar-refractivity contribution >= 4 is 5.91 Å². The van der Waals surface area contributed by atoms with Gasteiger partial charge in [-0.25, -0.2) is 9.78 Å². The van der Waals surface area contributed by atoms with Crippen molar-refractivity contribution in [1.82, 2.24) is 24.4 Å². The van der Waals surface area contributed by atoms with Crippen molar-refractivity contribution in [2.45, 2.75) is 25.9 Å². The molecule has 2 rings (SSSR count). The van der Waals surface area contributed by atoms with E-state index in [0.29, 0.717) is 6.54 Å². The summed E-state index contributed by atoms with van der Waals surface area (Å²) in [6, 6.07) is 1.25. The number of nitrogens with zero attached hydrogens (tertiary/aromatic N) is 3. The zero-order chi connectivity index (χ0) is 15.1. The van der Waals surface area contributed by atoms with Crippen LogP contribution in [0, 0.1) is 0 Å². The SMILES string of the molecule is O=C(CCn1ccc(=O)[nH]c1=O)NCCCn1ccnc1. The third kappa shape index (κ3) is 4.75. The minimum Gasteiger partial charge on any atom is -0.356 e. The van der Waals surface area contributed by atoms with Crippen molar-refractivity contribution < 1.29 is 4.79 Å². The van der Waals surface area contributed by atoms with E-state index in [0.717, 1.165) is 13.0 Å². The Labute approximate surface area is 120 Å². The van der Waals surface area contributed by atoms with E-state index in [1.807, 2.05) is 10.8 Å². The summed E-state index contributed by atoms with van der Waals surface area (Å²) >= 11 is 0. The summed E-state index contributed by atoms with van der Waals surface area (Å²) in [5.41, 5.74) is -0.949. The average Bonchev–Trinajstić information content (AvgIpc) is 2.96. The predicted molar refractivity (Wildman–Crippen MR) is 75.8 cm³/mol. The second-order valence-corrected chi connectivity index (χ2v) is 4.56. The van der Waals surface area contributed by atoms with Crippen LogP contribution in [0.5, 0.6) is 0 Å². The van der Waals surface area contributed by atoms with Crippen LogP contribution < -0.4 is 16.6 Å². The summed E-state index contributed by atoms with van der Waals surface area (Å²) in [4.78, 5) is 40.0. The molecule has 0 bridgehead atoms. The van der Waals surface area contributed by atoms with Gasteiger partial charge < -0.3 is 14.5 Å². The van der Waals surface area contributed by atoms with Crippen LogP contribution in [-0.4, -0.2) is 31.6 Å². The smallest absolute Gasteiger partial charge is 0.328 e. The van der Waals surface area contributed by atoms with Crippen LogP contribution in [0.2, 0.25) is 0 Å². The van der Waals surface area contributed by atoms with Crippen LogP contribution in [0.4, 0.5) is 0 Å². The molecule has 8 nitrogen and oxygen atoms in total. The number of nitrogens with one attached hydrogen (secondary N) is 2. The van der Waals surface area contributed by atoms with E-state index in [4.69, 9.17) is 0 Å². The molecule has 0 fully saturated rings. The van der Waals surface area contributed by atoms with Crippen LogP contribution in [0.3, 0.4) is 0 Å². The molecule has 2 aromatic heterocycles. The Morgan fingerprint density at radius 1 is 1.29 bits per heavy atom. The minimum atomic E-state index is -0.504. The van der Waals surface area contributed by atoms with Gasteiger partial charge in [0, 0.05) is 50.7 Å². The fourth-order valence-corrected chi connectivity index (χ4v) is 1.84. The summed E-state index contributed by atoms with van der Waals surface area (Å²) in [5.74, 6) is -0.126. The van der Waals surface area contributed by atoms with Crippen molar-refractivity contribution in [2.75, 3.05) is 6.54 Å². The fraction of sp³-hybridized carbons (Fsp3) is 0.385. The van der Waals surface area contributed by atoms with Crippen LogP contribution in [0.25, 0.3) is 0 Å². The summed E-state index contributed by atoms with van der Waals surface area (Å²) in [7, 11) is 0. The number of rotatable bonds is 7. The number of carbonyl (C=O) groups excluding carboxylic acids is 1. The lowest BCUT2D eigenvalue weighted by atomic mass is 10.3. The van der Waals surface area contributed by atoms with Crippen LogP contribution in [0.1, 0.15) is 12.8 Å². The first-order chi connectivity index (χ1) is 10.1. The number of H-pyrrole nitrogens is 1. The first-order valence-corrected chi connectivity index (χ1v) is 6.67. The molecule has 0 aliphatic heterocycles. The Morgan fingerprint density at radius 3 is 2.86 bits per heavy atom. The molecule has 8 heteroatoms. The maximum absolute atomic E-state index is 11.6. The minimum absolute atomic E-state index is 0.126. The lowest BCUT2D eigenvalue weighted by Gasteiger charge is -2.07. The van der Waals surface area contributed by atoms with Crippen LogP contribution in [-0.2, 0) is 17.9 Å². The monoisotopic (exact) mass is 291 g/mol. The van der Waals surface area contributed by atoms with Gasteiger partial charge in [0.15, 0.2) is 0 Å². The molecule has 2 N–H and O–H groups in total. The summed E-state index contributed by atoms with van der Waals surface area (Å²) < 4.78 is 3.23. The molecule has 0 saturated carbocycles. The molecule has 0 spiro atoms. The first-order valence-electron chi connectivity index (χ1n) is 6.67. The van der Waals surface area contributed by atoms with Crippen molar-refractivity contribution in [3.05, 3.63) is 51.8 Å². The van der Waals surface area contributed by atoms with Crippen molar-refractivity contribution in [2.24, 2.45) is 0 Å². The van der Waals surface area contributed by atoms with Gasteiger partial charge in [-0.2, -0.15) is 0 Å². The summed E-state index contributed by atoms with van der Waals surface area (Å²) in [5, 5.41) is 2.79. The maximum atomic E-state index is 11.6. The molecule has 0 radical (unpaired) electrons. The van der Waals surface area contributed by atoms with Crippen LogP contribution in [0.15, 0.2) is 40.6 Å². The molecule has 0 atom stereocenters. The Kier molecular flexibility index (Phi) is 5.08. The summed E-state index contributed by atoms with van der Waals surface area (Å²) in [6.45, 7) is 1.60. The van der Waals surface area contributed by atoms with Gasteiger partial charge in [-0.15, -0.1) is 0 Å². The molecule has 21 heavy (non-hydrogen) atoms. The van der Waals surface area contributed by atoms with Gasteiger partial charge in [-0.1, -0.05) is 0 Å². The molecule has 0 aliphatic carbocycles. The van der Waals surface area contributed by atoms with Gasteiger partial charge in [0.2, 0.25) is 5.91 Å². The van der Waals surface area contributed by atoms with Gasteiger partial charge in [0.1, 0.15) is 0 Å². The molecule has 2 heterocycles. The van der Waals surface area contributed by atoms with Crippen molar-refractivity contribution in [3.63, 3.8) is 0 Å². The second-order valence-electron chi connectivity index (χ2n) is 4.56. The topological polar surface area (TPSA) is 102 Å². The zero-order valence-electron chi connectivity index (χ0n) is 11.5. The van der Waals surface area contributed by atoms with E-state index in [1.54, 1.807) is 12.5 Å². The molecule has 0 aliphatic rings. The predicted octanol–water partition coefficient (Wildman–Crippen LogP) is -0.670. The standard InChI is InChI=1S/C13H17N5O3/c19-11(15-4-1-6-17-9-5-14-10-17)2-7-18-8-3-12(20)16-13(18)21/h3,5,8-10H,1-2,4,6-7H2,(H,15,19)(H,16,20,21). The van der Waals surface area contributed by atoms with E-state index in [2.05, 4.69) is 15.3 Å². The van der Waals surface area contributed by atoms with Gasteiger partial charge in [-0.3, -0.25) is 14.6 Å². The number of aromatic nitrogens is 4. The Balaban J connectivity index is 1.67. The molecule has 1 amide bonds. The first kappa shape index (κ1) is 14.8. The maximum Gasteiger partial charge on any atom is 0.328 e. The normalized spacial score (nSPS) is 10.5.